The molecular formula is C15H19N3O3. The van der Waals surface area contributed by atoms with E-state index in [-0.39, 0.29) is 11.6 Å². The molecule has 0 atom stereocenters. The van der Waals surface area contributed by atoms with Crippen LogP contribution in [-0.2, 0) is 17.9 Å². The lowest BCUT2D eigenvalue weighted by molar-refractivity contribution is 0.101. The third-order valence-electron chi connectivity index (χ3n) is 2.84. The van der Waals surface area contributed by atoms with Gasteiger partial charge in [-0.3, -0.25) is 4.79 Å². The van der Waals surface area contributed by atoms with E-state index in [1.807, 2.05) is 31.2 Å². The molecule has 0 aliphatic rings. The molecule has 21 heavy (non-hydrogen) atoms. The number of amides is 1. The minimum atomic E-state index is -0.304. The predicted octanol–water partition coefficient (Wildman–Crippen LogP) is 2.18. The van der Waals surface area contributed by atoms with Crippen LogP contribution in [0, 0.1) is 0 Å². The van der Waals surface area contributed by atoms with E-state index < -0.39 is 0 Å². The number of ether oxygens (including phenoxy) is 1. The van der Waals surface area contributed by atoms with Gasteiger partial charge in [-0.25, -0.2) is 0 Å². The molecule has 0 saturated heterocycles. The topological polar surface area (TPSA) is 76.4 Å². The summed E-state index contributed by atoms with van der Waals surface area (Å²) in [6, 6.07) is 9.24. The molecule has 0 fully saturated rings. The van der Waals surface area contributed by atoms with Crippen LogP contribution in [0.3, 0.4) is 0 Å². The number of hydrogen-bond acceptors (Lipinski definition) is 5. The van der Waals surface area contributed by atoms with Gasteiger partial charge in [0.2, 0.25) is 0 Å². The largest absolute Gasteiger partial charge is 0.377 e. The first-order chi connectivity index (χ1) is 10.2. The van der Waals surface area contributed by atoms with Gasteiger partial charge in [-0.2, -0.15) is 0 Å². The van der Waals surface area contributed by atoms with Crippen molar-refractivity contribution in [3.05, 3.63) is 47.3 Å². The summed E-state index contributed by atoms with van der Waals surface area (Å²) in [5.74, 6) is 0.213. The Morgan fingerprint density at radius 2 is 2.24 bits per heavy atom. The normalized spacial score (nSPS) is 10.6. The Hall–Kier alpha value is -2.18. The highest BCUT2D eigenvalue weighted by Gasteiger charge is 2.12. The molecule has 6 heteroatoms. The molecule has 0 spiro atoms. The standard InChI is InChI=1S/C15H19N3O3/c1-3-16-9-11-5-4-6-12(7-11)17-15(19)14-8-13(10-20-2)21-18-14/h4-8,16H,3,9-10H2,1-2H3,(H,17,19). The highest BCUT2D eigenvalue weighted by Crippen LogP contribution is 2.13. The number of nitrogens with one attached hydrogen (secondary N) is 2. The van der Waals surface area contributed by atoms with Crippen LogP contribution in [0.2, 0.25) is 0 Å². The van der Waals surface area contributed by atoms with Crippen molar-refractivity contribution >= 4 is 11.6 Å². The molecule has 112 valence electrons. The summed E-state index contributed by atoms with van der Waals surface area (Å²) in [7, 11) is 1.55. The highest BCUT2D eigenvalue weighted by molar-refractivity contribution is 6.02. The summed E-state index contributed by atoms with van der Waals surface area (Å²) in [6.45, 7) is 4.01. The smallest absolute Gasteiger partial charge is 0.277 e. The van der Waals surface area contributed by atoms with Gasteiger partial charge in [0.15, 0.2) is 11.5 Å². The number of carbonyl (C=O) groups excluding carboxylic acids is 1. The molecule has 0 radical (unpaired) electrons. The monoisotopic (exact) mass is 289 g/mol. The minimum absolute atomic E-state index is 0.235. The molecule has 0 aliphatic carbocycles. The van der Waals surface area contributed by atoms with Gasteiger partial charge in [0, 0.05) is 25.4 Å². The van der Waals surface area contributed by atoms with Crippen LogP contribution in [0.4, 0.5) is 5.69 Å². The Morgan fingerprint density at radius 3 is 3.00 bits per heavy atom. The summed E-state index contributed by atoms with van der Waals surface area (Å²) < 4.78 is 9.91. The lowest BCUT2D eigenvalue weighted by Gasteiger charge is -2.06. The Labute approximate surface area is 123 Å². The van der Waals surface area contributed by atoms with Gasteiger partial charge in [-0.1, -0.05) is 24.2 Å². The molecule has 1 amide bonds. The second-order valence-electron chi connectivity index (χ2n) is 4.55. The number of anilines is 1. The number of methoxy groups -OCH3 is 1. The Bertz CT molecular complexity index is 595. The zero-order valence-electron chi connectivity index (χ0n) is 12.2. The molecular weight excluding hydrogens is 270 g/mol. The number of hydrogen-bond donors (Lipinski definition) is 2. The third kappa shape index (κ3) is 4.40. The fourth-order valence-corrected chi connectivity index (χ4v) is 1.85. The SMILES string of the molecule is CCNCc1cccc(NC(=O)c2cc(COC)on2)c1. The van der Waals surface area contributed by atoms with Gasteiger partial charge < -0.3 is 19.9 Å². The third-order valence-corrected chi connectivity index (χ3v) is 2.84. The summed E-state index contributed by atoms with van der Waals surface area (Å²) in [4.78, 5) is 12.1. The molecule has 6 nitrogen and oxygen atoms in total. The summed E-state index contributed by atoms with van der Waals surface area (Å²) in [5.41, 5.74) is 2.07. The number of carbonyl (C=O) groups is 1. The first kappa shape index (κ1) is 15.2. The first-order valence-corrected chi connectivity index (χ1v) is 6.78. The van der Waals surface area contributed by atoms with Crippen molar-refractivity contribution in [3.8, 4) is 0 Å². The maximum Gasteiger partial charge on any atom is 0.277 e. The second kappa shape index (κ2) is 7.56. The molecule has 2 N–H and O–H groups in total. The lowest BCUT2D eigenvalue weighted by Crippen LogP contribution is -2.14. The van der Waals surface area contributed by atoms with Crippen molar-refractivity contribution in [1.29, 1.82) is 0 Å². The minimum Gasteiger partial charge on any atom is -0.377 e. The lowest BCUT2D eigenvalue weighted by atomic mass is 10.2. The summed E-state index contributed by atoms with van der Waals surface area (Å²) in [6.07, 6.45) is 0. The van der Waals surface area contributed by atoms with E-state index in [4.69, 9.17) is 9.26 Å². The zero-order chi connectivity index (χ0) is 15.1. The van der Waals surface area contributed by atoms with E-state index in [0.717, 1.165) is 24.3 Å². The number of benzene rings is 1. The fourth-order valence-electron chi connectivity index (χ4n) is 1.85. The molecule has 0 aliphatic heterocycles. The van der Waals surface area contributed by atoms with Crippen LogP contribution in [-0.4, -0.2) is 24.7 Å². The Morgan fingerprint density at radius 1 is 1.38 bits per heavy atom. The van der Waals surface area contributed by atoms with Crippen molar-refractivity contribution in [1.82, 2.24) is 10.5 Å². The van der Waals surface area contributed by atoms with Crippen LogP contribution in [0.25, 0.3) is 0 Å². The van der Waals surface area contributed by atoms with Crippen LogP contribution in [0.15, 0.2) is 34.9 Å². The van der Waals surface area contributed by atoms with E-state index in [0.29, 0.717) is 12.4 Å². The van der Waals surface area contributed by atoms with Gasteiger partial charge in [0.25, 0.3) is 5.91 Å². The van der Waals surface area contributed by atoms with Crippen LogP contribution in [0.1, 0.15) is 28.7 Å². The zero-order valence-corrected chi connectivity index (χ0v) is 12.2. The van der Waals surface area contributed by atoms with Crippen LogP contribution >= 0.6 is 0 Å². The average Bonchev–Trinajstić information content (AvgIpc) is 2.95. The Balaban J connectivity index is 2.01. The quantitative estimate of drug-likeness (QED) is 0.817. The summed E-state index contributed by atoms with van der Waals surface area (Å²) in [5, 5.41) is 9.76. The van der Waals surface area contributed by atoms with E-state index >= 15 is 0 Å². The van der Waals surface area contributed by atoms with E-state index in [2.05, 4.69) is 15.8 Å². The van der Waals surface area contributed by atoms with Gasteiger partial charge in [0.1, 0.15) is 6.61 Å². The van der Waals surface area contributed by atoms with E-state index in [1.165, 1.54) is 0 Å². The maximum absolute atomic E-state index is 12.1. The summed E-state index contributed by atoms with van der Waals surface area (Å²) >= 11 is 0. The maximum atomic E-state index is 12.1. The molecule has 1 heterocycles. The molecule has 1 aromatic heterocycles. The first-order valence-electron chi connectivity index (χ1n) is 6.78. The van der Waals surface area contributed by atoms with Gasteiger partial charge >= 0.3 is 0 Å². The number of nitrogens with zero attached hydrogens (tertiary/aromatic N) is 1. The van der Waals surface area contributed by atoms with Crippen molar-refractivity contribution in [2.75, 3.05) is 19.0 Å². The number of aromatic nitrogens is 1. The van der Waals surface area contributed by atoms with Crippen LogP contribution in [0.5, 0.6) is 0 Å². The van der Waals surface area contributed by atoms with Crippen molar-refractivity contribution in [2.45, 2.75) is 20.1 Å². The molecule has 2 aromatic rings. The van der Waals surface area contributed by atoms with Gasteiger partial charge in [0.05, 0.1) is 0 Å². The molecule has 0 saturated carbocycles. The van der Waals surface area contributed by atoms with Crippen molar-refractivity contribution in [2.24, 2.45) is 0 Å². The van der Waals surface area contributed by atoms with E-state index in [9.17, 15) is 4.79 Å². The highest BCUT2D eigenvalue weighted by atomic mass is 16.5. The average molecular weight is 289 g/mol. The molecule has 0 unspecified atom stereocenters. The van der Waals surface area contributed by atoms with Crippen molar-refractivity contribution < 1.29 is 14.1 Å². The van der Waals surface area contributed by atoms with Crippen molar-refractivity contribution in [3.63, 3.8) is 0 Å². The number of rotatable bonds is 7. The second-order valence-corrected chi connectivity index (χ2v) is 4.55. The predicted molar refractivity (Wildman–Crippen MR) is 79.0 cm³/mol. The molecule has 2 rings (SSSR count). The molecule has 1 aromatic carbocycles. The van der Waals surface area contributed by atoms with Crippen LogP contribution < -0.4 is 10.6 Å². The molecule has 0 bridgehead atoms. The van der Waals surface area contributed by atoms with Gasteiger partial charge in [-0.15, -0.1) is 0 Å². The Kier molecular flexibility index (Phi) is 5.48. The van der Waals surface area contributed by atoms with E-state index in [1.54, 1.807) is 13.2 Å². The fraction of sp³-hybridized carbons (Fsp3) is 0.333. The van der Waals surface area contributed by atoms with Gasteiger partial charge in [-0.05, 0) is 24.2 Å².